The van der Waals surface area contributed by atoms with E-state index >= 15 is 0 Å². The zero-order chi connectivity index (χ0) is 17.8. The van der Waals surface area contributed by atoms with Crippen LogP contribution in [0.4, 0.5) is 0 Å². The van der Waals surface area contributed by atoms with Crippen LogP contribution in [0, 0.1) is 0 Å². The molecule has 130 valence electrons. The molecule has 1 N–H and O–H groups in total. The Balaban J connectivity index is 1.45. The molecule has 4 rings (SSSR count). The summed E-state index contributed by atoms with van der Waals surface area (Å²) in [6.45, 7) is 0.396. The van der Waals surface area contributed by atoms with E-state index in [2.05, 4.69) is 22.4 Å². The van der Waals surface area contributed by atoms with Crippen LogP contribution in [0.3, 0.4) is 0 Å². The lowest BCUT2D eigenvalue weighted by molar-refractivity contribution is -0.122. The van der Waals surface area contributed by atoms with Gasteiger partial charge in [-0.15, -0.1) is 0 Å². The number of carbonyl (C=O) groups excluding carboxylic acids is 1. The van der Waals surface area contributed by atoms with Gasteiger partial charge in [-0.25, -0.2) is 4.98 Å². The highest BCUT2D eigenvalue weighted by Crippen LogP contribution is 2.33. The molecule has 1 unspecified atom stereocenters. The summed E-state index contributed by atoms with van der Waals surface area (Å²) in [6, 6.07) is 21.5. The van der Waals surface area contributed by atoms with Crippen LogP contribution in [0.5, 0.6) is 11.6 Å². The van der Waals surface area contributed by atoms with Gasteiger partial charge in [0.2, 0.25) is 11.8 Å². The van der Waals surface area contributed by atoms with Crippen molar-refractivity contribution in [1.29, 1.82) is 0 Å². The zero-order valence-corrected chi connectivity index (χ0v) is 14.4. The molecule has 2 aromatic carbocycles. The van der Waals surface area contributed by atoms with E-state index in [1.807, 2.05) is 54.6 Å². The number of aromatic nitrogens is 1. The van der Waals surface area contributed by atoms with Gasteiger partial charge in [0, 0.05) is 18.3 Å². The third-order valence-electron chi connectivity index (χ3n) is 4.71. The van der Waals surface area contributed by atoms with Gasteiger partial charge in [0.05, 0.1) is 5.92 Å². The van der Waals surface area contributed by atoms with Crippen molar-refractivity contribution in [3.63, 3.8) is 0 Å². The van der Waals surface area contributed by atoms with Gasteiger partial charge in [0.15, 0.2) is 0 Å². The van der Waals surface area contributed by atoms with E-state index in [4.69, 9.17) is 4.74 Å². The Morgan fingerprint density at radius 3 is 2.73 bits per heavy atom. The van der Waals surface area contributed by atoms with E-state index in [9.17, 15) is 4.79 Å². The van der Waals surface area contributed by atoms with E-state index in [-0.39, 0.29) is 11.8 Å². The van der Waals surface area contributed by atoms with E-state index in [1.165, 1.54) is 5.56 Å². The first-order chi connectivity index (χ1) is 12.8. The number of para-hydroxylation sites is 1. The number of nitrogens with one attached hydrogen (secondary N) is 1. The Labute approximate surface area is 152 Å². The lowest BCUT2D eigenvalue weighted by Gasteiger charge is -2.14. The van der Waals surface area contributed by atoms with E-state index < -0.39 is 0 Å². The lowest BCUT2D eigenvalue weighted by atomic mass is 10.0. The van der Waals surface area contributed by atoms with Crippen LogP contribution in [-0.2, 0) is 17.8 Å². The molecular weight excluding hydrogens is 324 g/mol. The van der Waals surface area contributed by atoms with Crippen molar-refractivity contribution in [2.45, 2.75) is 25.3 Å². The van der Waals surface area contributed by atoms with Crippen LogP contribution in [0.25, 0.3) is 0 Å². The molecule has 26 heavy (non-hydrogen) atoms. The number of fused-ring (bicyclic) bond motifs is 1. The monoisotopic (exact) mass is 344 g/mol. The van der Waals surface area contributed by atoms with Crippen molar-refractivity contribution in [3.8, 4) is 11.6 Å². The summed E-state index contributed by atoms with van der Waals surface area (Å²) in [5.74, 6) is 1.24. The van der Waals surface area contributed by atoms with Crippen molar-refractivity contribution in [2.24, 2.45) is 0 Å². The quantitative estimate of drug-likeness (QED) is 0.754. The molecule has 0 aliphatic heterocycles. The smallest absolute Gasteiger partial charge is 0.227 e. The molecule has 4 nitrogen and oxygen atoms in total. The number of hydrogen-bond acceptors (Lipinski definition) is 3. The summed E-state index contributed by atoms with van der Waals surface area (Å²) in [7, 11) is 0. The van der Waals surface area contributed by atoms with E-state index in [0.29, 0.717) is 12.4 Å². The van der Waals surface area contributed by atoms with Crippen LogP contribution >= 0.6 is 0 Å². The van der Waals surface area contributed by atoms with Gasteiger partial charge in [0.1, 0.15) is 5.75 Å². The molecule has 1 aliphatic carbocycles. The first-order valence-corrected chi connectivity index (χ1v) is 8.83. The minimum Gasteiger partial charge on any atom is -0.439 e. The van der Waals surface area contributed by atoms with Gasteiger partial charge in [-0.05, 0) is 42.2 Å². The third-order valence-corrected chi connectivity index (χ3v) is 4.71. The fourth-order valence-corrected chi connectivity index (χ4v) is 3.39. The molecular formula is C22H20N2O2. The summed E-state index contributed by atoms with van der Waals surface area (Å²) < 4.78 is 5.86. The number of amides is 1. The summed E-state index contributed by atoms with van der Waals surface area (Å²) in [4.78, 5) is 17.0. The number of aryl methyl sites for hydroxylation is 1. The molecule has 0 bridgehead atoms. The minimum absolute atomic E-state index is 0.0597. The summed E-state index contributed by atoms with van der Waals surface area (Å²) >= 11 is 0. The Hall–Kier alpha value is -3.14. The average Bonchev–Trinajstić information content (AvgIpc) is 3.12. The highest BCUT2D eigenvalue weighted by Gasteiger charge is 2.28. The SMILES string of the molecule is O=C(NCc1cccnc1Oc1ccccc1)C1CCc2ccccc21. The maximum atomic E-state index is 12.7. The molecule has 1 aromatic heterocycles. The molecule has 1 amide bonds. The molecule has 0 spiro atoms. The maximum Gasteiger partial charge on any atom is 0.227 e. The summed E-state index contributed by atoms with van der Waals surface area (Å²) in [6.07, 6.45) is 3.52. The molecule has 1 heterocycles. The molecule has 0 saturated heterocycles. The highest BCUT2D eigenvalue weighted by atomic mass is 16.5. The maximum absolute atomic E-state index is 12.7. The molecule has 0 radical (unpaired) electrons. The lowest BCUT2D eigenvalue weighted by Crippen LogP contribution is -2.28. The Kier molecular flexibility index (Phi) is 4.65. The zero-order valence-electron chi connectivity index (χ0n) is 14.4. The predicted molar refractivity (Wildman–Crippen MR) is 100 cm³/mol. The standard InChI is InChI=1S/C22H20N2O2/c25-21(20-13-12-16-7-4-5-11-19(16)20)24-15-17-8-6-14-23-22(17)26-18-9-2-1-3-10-18/h1-11,14,20H,12-13,15H2,(H,24,25). The average molecular weight is 344 g/mol. The van der Waals surface area contributed by atoms with E-state index in [0.717, 1.165) is 29.7 Å². The summed E-state index contributed by atoms with van der Waals surface area (Å²) in [5.41, 5.74) is 3.29. The van der Waals surface area contributed by atoms with Gasteiger partial charge in [-0.1, -0.05) is 48.5 Å². The van der Waals surface area contributed by atoms with Gasteiger partial charge in [-0.3, -0.25) is 4.79 Å². The molecule has 4 heteroatoms. The van der Waals surface area contributed by atoms with E-state index in [1.54, 1.807) is 6.20 Å². The number of rotatable bonds is 5. The van der Waals surface area contributed by atoms with Gasteiger partial charge in [-0.2, -0.15) is 0 Å². The Morgan fingerprint density at radius 2 is 1.85 bits per heavy atom. The first kappa shape index (κ1) is 16.3. The van der Waals surface area contributed by atoms with Crippen molar-refractivity contribution < 1.29 is 9.53 Å². The van der Waals surface area contributed by atoms with Gasteiger partial charge in [0.25, 0.3) is 0 Å². The highest BCUT2D eigenvalue weighted by molar-refractivity contribution is 5.84. The Morgan fingerprint density at radius 1 is 1.04 bits per heavy atom. The van der Waals surface area contributed by atoms with Crippen LogP contribution in [-0.4, -0.2) is 10.9 Å². The number of carbonyl (C=O) groups is 1. The second-order valence-corrected chi connectivity index (χ2v) is 6.39. The largest absolute Gasteiger partial charge is 0.439 e. The normalized spacial score (nSPS) is 15.3. The second-order valence-electron chi connectivity index (χ2n) is 6.39. The van der Waals surface area contributed by atoms with Crippen molar-refractivity contribution >= 4 is 5.91 Å². The first-order valence-electron chi connectivity index (χ1n) is 8.83. The van der Waals surface area contributed by atoms with Crippen molar-refractivity contribution in [3.05, 3.63) is 89.6 Å². The minimum atomic E-state index is -0.0682. The number of ether oxygens (including phenoxy) is 1. The Bertz CT molecular complexity index is 909. The molecule has 0 saturated carbocycles. The number of benzene rings is 2. The second kappa shape index (κ2) is 7.40. The number of nitrogens with zero attached hydrogens (tertiary/aromatic N) is 1. The van der Waals surface area contributed by atoms with Crippen molar-refractivity contribution in [2.75, 3.05) is 0 Å². The van der Waals surface area contributed by atoms with Crippen LogP contribution in [0.1, 0.15) is 29.0 Å². The number of hydrogen-bond donors (Lipinski definition) is 1. The molecule has 1 aliphatic rings. The van der Waals surface area contributed by atoms with Crippen LogP contribution in [0.2, 0.25) is 0 Å². The topological polar surface area (TPSA) is 51.2 Å². The molecule has 1 atom stereocenters. The summed E-state index contributed by atoms with van der Waals surface area (Å²) in [5, 5.41) is 3.05. The number of pyridine rings is 1. The fraction of sp³-hybridized carbons (Fsp3) is 0.182. The van der Waals surface area contributed by atoms with Crippen molar-refractivity contribution in [1.82, 2.24) is 10.3 Å². The molecule has 3 aromatic rings. The van der Waals surface area contributed by atoms with Gasteiger partial charge >= 0.3 is 0 Å². The predicted octanol–water partition coefficient (Wildman–Crippen LogP) is 4.22. The van der Waals surface area contributed by atoms with Gasteiger partial charge < -0.3 is 10.1 Å². The van der Waals surface area contributed by atoms with Crippen LogP contribution in [0.15, 0.2) is 72.9 Å². The third kappa shape index (κ3) is 3.45. The van der Waals surface area contributed by atoms with Crippen LogP contribution < -0.4 is 10.1 Å². The molecule has 0 fully saturated rings. The fourth-order valence-electron chi connectivity index (χ4n) is 3.39.